The smallest absolute Gasteiger partial charge is 0.230 e. The number of carbonyl (C=O) groups is 1. The molecule has 0 aliphatic heterocycles. The Kier molecular flexibility index (Phi) is 6.40. The average molecular weight is 384 g/mol. The number of imidazole rings is 1. The normalized spacial score (nSPS) is 12.3. The lowest BCUT2D eigenvalue weighted by atomic mass is 10.0. The first-order valence-electron chi connectivity index (χ1n) is 9.16. The minimum absolute atomic E-state index is 0.00644. The first-order valence-corrected chi connectivity index (χ1v) is 10.1. The summed E-state index contributed by atoms with van der Waals surface area (Å²) in [5.74, 6) is 2.22. The van der Waals surface area contributed by atoms with Gasteiger partial charge in [0.05, 0.1) is 29.4 Å². The molecule has 1 heterocycles. The number of H-pyrrole nitrogens is 1. The van der Waals surface area contributed by atoms with Crippen LogP contribution in [0.3, 0.4) is 0 Å². The molecule has 0 bridgehead atoms. The van der Waals surface area contributed by atoms with Gasteiger partial charge in [0.2, 0.25) is 5.91 Å². The molecular weight excluding hydrogens is 358 g/mol. The fourth-order valence-electron chi connectivity index (χ4n) is 2.83. The molecule has 0 fully saturated rings. The SMILES string of the molecule is CCOc1ccc(SCC(=O)NC(c2nc3ccccc3[nH]2)C(C)C)cc1. The van der Waals surface area contributed by atoms with Gasteiger partial charge in [-0.05, 0) is 49.2 Å². The standard InChI is InChI=1S/C21H25N3O2S/c1-4-26-15-9-11-16(12-10-15)27-13-19(25)24-20(14(2)3)21-22-17-7-5-6-8-18(17)23-21/h5-12,14,20H,4,13H2,1-3H3,(H,22,23)(H,24,25). The van der Waals surface area contributed by atoms with Gasteiger partial charge in [0.1, 0.15) is 11.6 Å². The van der Waals surface area contributed by atoms with Crippen LogP contribution in [0.25, 0.3) is 11.0 Å². The maximum atomic E-state index is 12.5. The molecule has 6 heteroatoms. The molecule has 3 rings (SSSR count). The lowest BCUT2D eigenvalue weighted by Crippen LogP contribution is -2.33. The summed E-state index contributed by atoms with van der Waals surface area (Å²) in [6, 6.07) is 15.5. The van der Waals surface area contributed by atoms with Gasteiger partial charge in [0.25, 0.3) is 0 Å². The van der Waals surface area contributed by atoms with Gasteiger partial charge in [0, 0.05) is 4.90 Å². The van der Waals surface area contributed by atoms with E-state index in [-0.39, 0.29) is 17.9 Å². The fraction of sp³-hybridized carbons (Fsp3) is 0.333. The molecule has 0 aliphatic carbocycles. The molecule has 2 N–H and O–H groups in total. The third kappa shape index (κ3) is 5.04. The number of carbonyl (C=O) groups excluding carboxylic acids is 1. The third-order valence-corrected chi connectivity index (χ3v) is 5.20. The molecule has 142 valence electrons. The monoisotopic (exact) mass is 383 g/mol. The highest BCUT2D eigenvalue weighted by Gasteiger charge is 2.21. The van der Waals surface area contributed by atoms with Crippen LogP contribution >= 0.6 is 11.8 Å². The van der Waals surface area contributed by atoms with Crippen molar-refractivity contribution < 1.29 is 9.53 Å². The Bertz CT molecular complexity index is 857. The van der Waals surface area contributed by atoms with Gasteiger partial charge in [-0.1, -0.05) is 26.0 Å². The summed E-state index contributed by atoms with van der Waals surface area (Å²) in [5.41, 5.74) is 1.90. The first-order chi connectivity index (χ1) is 13.1. The highest BCUT2D eigenvalue weighted by molar-refractivity contribution is 8.00. The number of benzene rings is 2. The molecule has 0 radical (unpaired) electrons. The minimum atomic E-state index is -0.147. The Labute approximate surface area is 163 Å². The van der Waals surface area contributed by atoms with Crippen LogP contribution in [0.4, 0.5) is 0 Å². The average Bonchev–Trinajstić information content (AvgIpc) is 3.09. The Morgan fingerprint density at radius 1 is 1.19 bits per heavy atom. The first kappa shape index (κ1) is 19.3. The topological polar surface area (TPSA) is 67.0 Å². The summed E-state index contributed by atoms with van der Waals surface area (Å²) in [6.45, 7) is 6.77. The Balaban J connectivity index is 1.61. The zero-order valence-electron chi connectivity index (χ0n) is 15.9. The van der Waals surface area contributed by atoms with Gasteiger partial charge in [-0.2, -0.15) is 0 Å². The van der Waals surface area contributed by atoms with Crippen molar-refractivity contribution in [3.05, 3.63) is 54.4 Å². The van der Waals surface area contributed by atoms with Crippen LogP contribution in [0.2, 0.25) is 0 Å². The Morgan fingerprint density at radius 3 is 2.59 bits per heavy atom. The molecule has 0 saturated heterocycles. The van der Waals surface area contributed by atoms with Gasteiger partial charge in [-0.25, -0.2) is 4.98 Å². The number of hydrogen-bond acceptors (Lipinski definition) is 4. The van der Waals surface area contributed by atoms with Crippen molar-refractivity contribution in [2.45, 2.75) is 31.7 Å². The highest BCUT2D eigenvalue weighted by Crippen LogP contribution is 2.24. The van der Waals surface area contributed by atoms with Crippen LogP contribution < -0.4 is 10.1 Å². The van der Waals surface area contributed by atoms with Gasteiger partial charge < -0.3 is 15.0 Å². The van der Waals surface area contributed by atoms with E-state index in [1.54, 1.807) is 0 Å². The minimum Gasteiger partial charge on any atom is -0.494 e. The number of rotatable bonds is 8. The largest absolute Gasteiger partial charge is 0.494 e. The van der Waals surface area contributed by atoms with Crippen LogP contribution in [0.5, 0.6) is 5.75 Å². The second-order valence-electron chi connectivity index (χ2n) is 6.62. The van der Waals surface area contributed by atoms with E-state index in [1.807, 2.05) is 55.5 Å². The molecule has 0 aliphatic rings. The second-order valence-corrected chi connectivity index (χ2v) is 7.67. The van der Waals surface area contributed by atoms with E-state index in [0.29, 0.717) is 12.4 Å². The van der Waals surface area contributed by atoms with Crippen molar-refractivity contribution >= 4 is 28.7 Å². The Morgan fingerprint density at radius 2 is 1.93 bits per heavy atom. The number of aromatic nitrogens is 2. The second kappa shape index (κ2) is 8.95. The lowest BCUT2D eigenvalue weighted by molar-refractivity contribution is -0.119. The summed E-state index contributed by atoms with van der Waals surface area (Å²) in [6.07, 6.45) is 0. The van der Waals surface area contributed by atoms with Crippen molar-refractivity contribution in [3.8, 4) is 5.75 Å². The van der Waals surface area contributed by atoms with E-state index in [4.69, 9.17) is 4.74 Å². The molecule has 1 atom stereocenters. The van der Waals surface area contributed by atoms with Crippen molar-refractivity contribution in [2.75, 3.05) is 12.4 Å². The molecule has 0 saturated carbocycles. The van der Waals surface area contributed by atoms with E-state index >= 15 is 0 Å². The van der Waals surface area contributed by atoms with Crippen LogP contribution in [0.1, 0.15) is 32.6 Å². The number of para-hydroxylation sites is 2. The van der Waals surface area contributed by atoms with Gasteiger partial charge in [-0.15, -0.1) is 11.8 Å². The predicted molar refractivity (Wildman–Crippen MR) is 110 cm³/mol. The predicted octanol–water partition coefficient (Wildman–Crippen LogP) is 4.57. The third-order valence-electron chi connectivity index (χ3n) is 4.19. The summed E-state index contributed by atoms with van der Waals surface area (Å²) in [5, 5.41) is 3.12. The number of amides is 1. The van der Waals surface area contributed by atoms with Crippen LogP contribution in [-0.4, -0.2) is 28.2 Å². The summed E-state index contributed by atoms with van der Waals surface area (Å²) in [7, 11) is 0. The number of fused-ring (bicyclic) bond motifs is 1. The van der Waals surface area contributed by atoms with Crippen LogP contribution in [0.15, 0.2) is 53.4 Å². The Hall–Kier alpha value is -2.47. The van der Waals surface area contributed by atoms with E-state index in [1.165, 1.54) is 11.8 Å². The molecule has 1 amide bonds. The highest BCUT2D eigenvalue weighted by atomic mass is 32.2. The summed E-state index contributed by atoms with van der Waals surface area (Å²) < 4.78 is 5.44. The molecule has 3 aromatic rings. The molecular formula is C21H25N3O2S. The van der Waals surface area contributed by atoms with Crippen molar-refractivity contribution in [1.29, 1.82) is 0 Å². The van der Waals surface area contributed by atoms with E-state index in [2.05, 4.69) is 29.1 Å². The summed E-state index contributed by atoms with van der Waals surface area (Å²) in [4.78, 5) is 21.5. The number of nitrogens with one attached hydrogen (secondary N) is 2. The number of ether oxygens (including phenoxy) is 1. The number of hydrogen-bond donors (Lipinski definition) is 2. The van der Waals surface area contributed by atoms with Crippen molar-refractivity contribution in [2.24, 2.45) is 5.92 Å². The van der Waals surface area contributed by atoms with Crippen LogP contribution in [-0.2, 0) is 4.79 Å². The summed E-state index contributed by atoms with van der Waals surface area (Å²) >= 11 is 1.51. The molecule has 0 spiro atoms. The molecule has 1 aromatic heterocycles. The molecule has 5 nitrogen and oxygen atoms in total. The van der Waals surface area contributed by atoms with Crippen molar-refractivity contribution in [1.82, 2.24) is 15.3 Å². The van der Waals surface area contributed by atoms with E-state index in [0.717, 1.165) is 27.5 Å². The number of aromatic amines is 1. The van der Waals surface area contributed by atoms with Crippen LogP contribution in [0, 0.1) is 5.92 Å². The van der Waals surface area contributed by atoms with E-state index < -0.39 is 0 Å². The maximum Gasteiger partial charge on any atom is 0.230 e. The quantitative estimate of drug-likeness (QED) is 0.559. The van der Waals surface area contributed by atoms with Gasteiger partial charge in [0.15, 0.2) is 0 Å². The zero-order chi connectivity index (χ0) is 19.2. The lowest BCUT2D eigenvalue weighted by Gasteiger charge is -2.20. The zero-order valence-corrected chi connectivity index (χ0v) is 16.7. The number of thioether (sulfide) groups is 1. The molecule has 2 aromatic carbocycles. The molecule has 1 unspecified atom stereocenters. The van der Waals surface area contributed by atoms with E-state index in [9.17, 15) is 4.79 Å². The maximum absolute atomic E-state index is 12.5. The molecule has 27 heavy (non-hydrogen) atoms. The number of nitrogens with zero attached hydrogens (tertiary/aromatic N) is 1. The van der Waals surface area contributed by atoms with Crippen molar-refractivity contribution in [3.63, 3.8) is 0 Å². The van der Waals surface area contributed by atoms with Gasteiger partial charge >= 0.3 is 0 Å². The fourth-order valence-corrected chi connectivity index (χ4v) is 3.54. The van der Waals surface area contributed by atoms with Gasteiger partial charge in [-0.3, -0.25) is 4.79 Å².